The number of benzene rings is 2. The number of anilines is 1. The van der Waals surface area contributed by atoms with Gasteiger partial charge in [0.15, 0.2) is 0 Å². The Balaban J connectivity index is 1.80. The van der Waals surface area contributed by atoms with E-state index in [0.29, 0.717) is 6.54 Å². The van der Waals surface area contributed by atoms with E-state index in [9.17, 15) is 0 Å². The predicted molar refractivity (Wildman–Crippen MR) is 82.4 cm³/mol. The summed E-state index contributed by atoms with van der Waals surface area (Å²) in [6, 6.07) is 16.3. The highest BCUT2D eigenvalue weighted by atomic mass is 79.9. The van der Waals surface area contributed by atoms with Crippen molar-refractivity contribution in [3.05, 3.63) is 64.3 Å². The van der Waals surface area contributed by atoms with Gasteiger partial charge in [0.05, 0.1) is 6.54 Å². The van der Waals surface area contributed by atoms with Crippen molar-refractivity contribution in [3.63, 3.8) is 0 Å². The predicted octanol–water partition coefficient (Wildman–Crippen LogP) is 5.12. The van der Waals surface area contributed by atoms with Gasteiger partial charge in [-0.05, 0) is 36.8 Å². The van der Waals surface area contributed by atoms with Crippen LogP contribution in [0.2, 0.25) is 0 Å². The van der Waals surface area contributed by atoms with Gasteiger partial charge in [0.25, 0.3) is 0 Å². The van der Waals surface area contributed by atoms with Crippen molar-refractivity contribution in [3.8, 4) is 0 Å². The molecule has 0 atom stereocenters. The first-order valence-corrected chi connectivity index (χ1v) is 7.00. The Hall–Kier alpha value is -1.74. The van der Waals surface area contributed by atoms with Crippen LogP contribution in [-0.2, 0) is 6.54 Å². The number of furan rings is 1. The normalized spacial score (nSPS) is 10.8. The summed E-state index contributed by atoms with van der Waals surface area (Å²) in [5.74, 6) is 0.945. The lowest BCUT2D eigenvalue weighted by molar-refractivity contribution is 0.559. The Morgan fingerprint density at radius 3 is 2.79 bits per heavy atom. The molecule has 2 nitrogen and oxygen atoms in total. The number of hydrogen-bond donors (Lipinski definition) is 1. The molecule has 1 aromatic heterocycles. The van der Waals surface area contributed by atoms with Crippen molar-refractivity contribution >= 4 is 32.6 Å². The molecule has 0 fully saturated rings. The fourth-order valence-electron chi connectivity index (χ4n) is 2.11. The third kappa shape index (κ3) is 2.51. The number of halogens is 1. The maximum absolute atomic E-state index is 5.79. The second-order valence-electron chi connectivity index (χ2n) is 4.52. The molecule has 3 rings (SSSR count). The van der Waals surface area contributed by atoms with Gasteiger partial charge in [-0.3, -0.25) is 0 Å². The van der Waals surface area contributed by atoms with E-state index in [-0.39, 0.29) is 0 Å². The van der Waals surface area contributed by atoms with E-state index >= 15 is 0 Å². The van der Waals surface area contributed by atoms with Gasteiger partial charge >= 0.3 is 0 Å². The number of rotatable bonds is 3. The largest absolute Gasteiger partial charge is 0.459 e. The molecule has 0 aliphatic heterocycles. The molecule has 0 saturated heterocycles. The third-order valence-electron chi connectivity index (χ3n) is 3.20. The first-order chi connectivity index (χ1) is 9.24. The summed E-state index contributed by atoms with van der Waals surface area (Å²) >= 11 is 3.54. The summed E-state index contributed by atoms with van der Waals surface area (Å²) in [6.07, 6.45) is 0. The Kier molecular flexibility index (Phi) is 3.30. The Morgan fingerprint density at radius 2 is 1.95 bits per heavy atom. The Bertz CT molecular complexity index is 685. The lowest BCUT2D eigenvalue weighted by atomic mass is 10.2. The third-order valence-corrected chi connectivity index (χ3v) is 4.06. The standard InChI is InChI=1S/C16H14BrNO/c1-11-14(17)6-4-7-15(11)18-10-13-9-12-5-2-3-8-16(12)19-13/h2-9,18H,10H2,1H3. The first kappa shape index (κ1) is 12.3. The van der Waals surface area contributed by atoms with Crippen LogP contribution in [0, 0.1) is 6.92 Å². The van der Waals surface area contributed by atoms with Gasteiger partial charge in [-0.15, -0.1) is 0 Å². The van der Waals surface area contributed by atoms with Crippen molar-refractivity contribution in [1.82, 2.24) is 0 Å². The summed E-state index contributed by atoms with van der Waals surface area (Å²) in [5.41, 5.74) is 3.26. The quantitative estimate of drug-likeness (QED) is 0.726. The molecule has 0 unspecified atom stereocenters. The van der Waals surface area contributed by atoms with E-state index in [4.69, 9.17) is 4.42 Å². The van der Waals surface area contributed by atoms with Crippen molar-refractivity contribution in [1.29, 1.82) is 0 Å². The zero-order valence-corrected chi connectivity index (χ0v) is 12.2. The summed E-state index contributed by atoms with van der Waals surface area (Å²) < 4.78 is 6.90. The highest BCUT2D eigenvalue weighted by Gasteiger charge is 2.05. The fourth-order valence-corrected chi connectivity index (χ4v) is 2.47. The second-order valence-corrected chi connectivity index (χ2v) is 5.37. The van der Waals surface area contributed by atoms with Crippen molar-refractivity contribution in [2.45, 2.75) is 13.5 Å². The zero-order chi connectivity index (χ0) is 13.2. The smallest absolute Gasteiger partial charge is 0.134 e. The highest BCUT2D eigenvalue weighted by Crippen LogP contribution is 2.25. The van der Waals surface area contributed by atoms with Gasteiger partial charge in [0, 0.05) is 15.5 Å². The SMILES string of the molecule is Cc1c(Br)cccc1NCc1cc2ccccc2o1. The molecule has 0 aliphatic rings. The van der Waals surface area contributed by atoms with Crippen LogP contribution in [-0.4, -0.2) is 0 Å². The van der Waals surface area contributed by atoms with Crippen LogP contribution in [0.3, 0.4) is 0 Å². The van der Waals surface area contributed by atoms with Crippen molar-refractivity contribution in [2.75, 3.05) is 5.32 Å². The molecule has 0 radical (unpaired) electrons. The number of hydrogen-bond acceptors (Lipinski definition) is 2. The lowest BCUT2D eigenvalue weighted by Gasteiger charge is -2.09. The van der Waals surface area contributed by atoms with Crippen LogP contribution >= 0.6 is 15.9 Å². The minimum Gasteiger partial charge on any atom is -0.459 e. The van der Waals surface area contributed by atoms with Gasteiger partial charge in [-0.1, -0.05) is 40.2 Å². The van der Waals surface area contributed by atoms with Crippen LogP contribution in [0.25, 0.3) is 11.0 Å². The van der Waals surface area contributed by atoms with Crippen LogP contribution in [0.5, 0.6) is 0 Å². The van der Waals surface area contributed by atoms with Gasteiger partial charge in [0.1, 0.15) is 11.3 Å². The Labute approximate surface area is 120 Å². The fraction of sp³-hybridized carbons (Fsp3) is 0.125. The average molecular weight is 316 g/mol. The van der Waals surface area contributed by atoms with E-state index in [0.717, 1.165) is 26.9 Å². The van der Waals surface area contributed by atoms with Gasteiger partial charge in [0.2, 0.25) is 0 Å². The van der Waals surface area contributed by atoms with Crippen LogP contribution in [0.1, 0.15) is 11.3 Å². The summed E-state index contributed by atoms with van der Waals surface area (Å²) in [6.45, 7) is 2.77. The van der Waals surface area contributed by atoms with E-state index in [1.165, 1.54) is 5.56 Å². The number of fused-ring (bicyclic) bond motifs is 1. The molecule has 2 aromatic carbocycles. The summed E-state index contributed by atoms with van der Waals surface area (Å²) in [4.78, 5) is 0. The molecule has 96 valence electrons. The molecule has 1 heterocycles. The lowest BCUT2D eigenvalue weighted by Crippen LogP contribution is -2.00. The maximum atomic E-state index is 5.79. The molecule has 0 amide bonds. The van der Waals surface area contributed by atoms with Gasteiger partial charge in [-0.2, -0.15) is 0 Å². The minimum atomic E-state index is 0.686. The highest BCUT2D eigenvalue weighted by molar-refractivity contribution is 9.10. The molecule has 0 saturated carbocycles. The van der Waals surface area contributed by atoms with Crippen LogP contribution in [0.4, 0.5) is 5.69 Å². The molecule has 3 aromatic rings. The number of para-hydroxylation sites is 1. The number of nitrogens with one attached hydrogen (secondary N) is 1. The van der Waals surface area contributed by atoms with Crippen LogP contribution in [0.15, 0.2) is 57.4 Å². The monoisotopic (exact) mass is 315 g/mol. The topological polar surface area (TPSA) is 25.2 Å². The second kappa shape index (κ2) is 5.10. The van der Waals surface area contributed by atoms with E-state index in [1.807, 2.05) is 30.3 Å². The van der Waals surface area contributed by atoms with Gasteiger partial charge < -0.3 is 9.73 Å². The summed E-state index contributed by atoms with van der Waals surface area (Å²) in [7, 11) is 0. The molecule has 0 bridgehead atoms. The molecular weight excluding hydrogens is 302 g/mol. The average Bonchev–Trinajstić information content (AvgIpc) is 2.83. The molecule has 0 aliphatic carbocycles. The van der Waals surface area contributed by atoms with E-state index < -0.39 is 0 Å². The molecule has 19 heavy (non-hydrogen) atoms. The summed E-state index contributed by atoms with van der Waals surface area (Å²) in [5, 5.41) is 4.55. The molecule has 0 spiro atoms. The van der Waals surface area contributed by atoms with Gasteiger partial charge in [-0.25, -0.2) is 0 Å². The van der Waals surface area contributed by atoms with Crippen LogP contribution < -0.4 is 5.32 Å². The zero-order valence-electron chi connectivity index (χ0n) is 10.6. The maximum Gasteiger partial charge on any atom is 0.134 e. The molecule has 1 N–H and O–H groups in total. The van der Waals surface area contributed by atoms with Crippen molar-refractivity contribution < 1.29 is 4.42 Å². The molecule has 3 heteroatoms. The van der Waals surface area contributed by atoms with Crippen molar-refractivity contribution in [2.24, 2.45) is 0 Å². The first-order valence-electron chi connectivity index (χ1n) is 6.20. The van der Waals surface area contributed by atoms with E-state index in [2.05, 4.69) is 46.4 Å². The van der Waals surface area contributed by atoms with E-state index in [1.54, 1.807) is 0 Å². The molecular formula is C16H14BrNO. The Morgan fingerprint density at radius 1 is 1.11 bits per heavy atom. The minimum absolute atomic E-state index is 0.686.